The van der Waals surface area contributed by atoms with E-state index in [9.17, 15) is 18.0 Å². The lowest BCUT2D eigenvalue weighted by Crippen LogP contribution is -2.47. The minimum absolute atomic E-state index is 0.299. The Hall–Kier alpha value is -2.59. The molecule has 3 rings (SSSR count). The van der Waals surface area contributed by atoms with E-state index in [1.165, 1.54) is 6.07 Å². The summed E-state index contributed by atoms with van der Waals surface area (Å²) in [4.78, 5) is 20.1. The Morgan fingerprint density at radius 2 is 2.14 bits per heavy atom. The molecule has 0 bridgehead atoms. The molecule has 1 aromatic heterocycles. The molecule has 1 aliphatic rings. The highest BCUT2D eigenvalue weighted by Crippen LogP contribution is 2.37. The lowest BCUT2D eigenvalue weighted by molar-refractivity contribution is -0.140. The first kappa shape index (κ1) is 20.2. The molecular formula is C17H17ClF3N5O2. The summed E-state index contributed by atoms with van der Waals surface area (Å²) in [7, 11) is 0. The Labute approximate surface area is 163 Å². The Kier molecular flexibility index (Phi) is 5.90. The van der Waals surface area contributed by atoms with E-state index in [-0.39, 0.29) is 5.95 Å². The molecule has 0 saturated carbocycles. The lowest BCUT2D eigenvalue weighted by atomic mass is 10.1. The van der Waals surface area contributed by atoms with Crippen LogP contribution in [0.3, 0.4) is 0 Å². The average molecular weight is 416 g/mol. The summed E-state index contributed by atoms with van der Waals surface area (Å²) >= 11 is 5.87. The molecule has 150 valence electrons. The molecule has 7 nitrogen and oxygen atoms in total. The summed E-state index contributed by atoms with van der Waals surface area (Å²) in [6.07, 6.45) is -3.01. The number of amides is 2. The number of carbonyl (C=O) groups is 1. The number of rotatable bonds is 4. The number of benzene rings is 1. The molecule has 0 radical (unpaired) electrons. The van der Waals surface area contributed by atoms with Crippen LogP contribution >= 0.6 is 11.6 Å². The number of ether oxygens (including phenoxy) is 1. The smallest absolute Gasteiger partial charge is 0.358 e. The Morgan fingerprint density at radius 3 is 2.75 bits per heavy atom. The van der Waals surface area contributed by atoms with Gasteiger partial charge in [-0.15, -0.1) is 0 Å². The zero-order chi connectivity index (χ0) is 20.3. The van der Waals surface area contributed by atoms with E-state index in [1.54, 1.807) is 18.2 Å². The predicted octanol–water partition coefficient (Wildman–Crippen LogP) is 4.30. The van der Waals surface area contributed by atoms with Gasteiger partial charge in [-0.1, -0.05) is 17.7 Å². The summed E-state index contributed by atoms with van der Waals surface area (Å²) < 4.78 is 46.4. The van der Waals surface area contributed by atoms with Gasteiger partial charge in [0.1, 0.15) is 6.23 Å². The van der Waals surface area contributed by atoms with Gasteiger partial charge in [0, 0.05) is 17.3 Å². The number of nitrogens with two attached hydrogens (primary N) is 1. The highest BCUT2D eigenvalue weighted by molar-refractivity contribution is 6.30. The number of hydrogen-bond donors (Lipinski definition) is 2. The van der Waals surface area contributed by atoms with E-state index in [4.69, 9.17) is 22.1 Å². The van der Waals surface area contributed by atoms with Crippen LogP contribution in [0.5, 0.6) is 0 Å². The van der Waals surface area contributed by atoms with E-state index < -0.39 is 29.8 Å². The third kappa shape index (κ3) is 4.63. The molecule has 1 saturated heterocycles. The zero-order valence-corrected chi connectivity index (χ0v) is 15.3. The van der Waals surface area contributed by atoms with Crippen molar-refractivity contribution in [2.45, 2.75) is 31.7 Å². The summed E-state index contributed by atoms with van der Waals surface area (Å²) in [5.41, 5.74) is 3.91. The first-order chi connectivity index (χ1) is 13.3. The number of nitrogens with zero attached hydrogens (tertiary/aromatic N) is 3. The van der Waals surface area contributed by atoms with E-state index in [1.807, 2.05) is 0 Å². The van der Waals surface area contributed by atoms with Crippen molar-refractivity contribution in [2.75, 3.05) is 16.8 Å². The molecule has 1 fully saturated rings. The van der Waals surface area contributed by atoms with Crippen LogP contribution in [0.15, 0.2) is 30.5 Å². The number of nitrogens with one attached hydrogen (secondary N) is 1. The monoisotopic (exact) mass is 415 g/mol. The average Bonchev–Trinajstić information content (AvgIpc) is 2.63. The first-order valence-corrected chi connectivity index (χ1v) is 8.80. The van der Waals surface area contributed by atoms with Gasteiger partial charge >= 0.3 is 12.2 Å². The minimum atomic E-state index is -4.84. The number of hydrogen-bond acceptors (Lipinski definition) is 5. The molecule has 2 amide bonds. The van der Waals surface area contributed by atoms with Crippen LogP contribution in [0.2, 0.25) is 5.02 Å². The summed E-state index contributed by atoms with van der Waals surface area (Å²) in [6, 6.07) is 5.28. The Bertz CT molecular complexity index is 859. The summed E-state index contributed by atoms with van der Waals surface area (Å²) in [6.45, 7) is 0.324. The van der Waals surface area contributed by atoms with Gasteiger partial charge in [-0.05, 0) is 37.5 Å². The van der Waals surface area contributed by atoms with Gasteiger partial charge in [-0.25, -0.2) is 14.8 Å². The van der Waals surface area contributed by atoms with Crippen molar-refractivity contribution in [2.24, 2.45) is 5.73 Å². The van der Waals surface area contributed by atoms with E-state index >= 15 is 0 Å². The maximum absolute atomic E-state index is 13.7. The number of primary amides is 1. The van der Waals surface area contributed by atoms with Crippen LogP contribution in [0.1, 0.15) is 25.0 Å². The van der Waals surface area contributed by atoms with Crippen molar-refractivity contribution in [3.63, 3.8) is 0 Å². The van der Waals surface area contributed by atoms with Gasteiger partial charge in [0.15, 0.2) is 5.69 Å². The Balaban J connectivity index is 1.99. The molecule has 1 unspecified atom stereocenters. The molecule has 3 N–H and O–H groups in total. The number of anilines is 3. The van der Waals surface area contributed by atoms with Gasteiger partial charge in [0.2, 0.25) is 5.95 Å². The van der Waals surface area contributed by atoms with Gasteiger partial charge in [0.05, 0.1) is 11.9 Å². The normalized spacial score (nSPS) is 17.2. The number of carbonyl (C=O) groups excluding carboxylic acids is 1. The number of halogens is 4. The van der Waals surface area contributed by atoms with Crippen molar-refractivity contribution in [3.8, 4) is 0 Å². The lowest BCUT2D eigenvalue weighted by Gasteiger charge is -2.33. The van der Waals surface area contributed by atoms with Crippen LogP contribution in [0, 0.1) is 0 Å². The van der Waals surface area contributed by atoms with Crippen LogP contribution in [0.25, 0.3) is 0 Å². The van der Waals surface area contributed by atoms with Crippen LogP contribution < -0.4 is 16.0 Å². The first-order valence-electron chi connectivity index (χ1n) is 8.43. The van der Waals surface area contributed by atoms with Crippen LogP contribution in [0.4, 0.5) is 35.3 Å². The quantitative estimate of drug-likeness (QED) is 0.776. The molecule has 11 heteroatoms. The fourth-order valence-corrected chi connectivity index (χ4v) is 3.05. The zero-order valence-electron chi connectivity index (χ0n) is 14.5. The topological polar surface area (TPSA) is 93.4 Å². The highest BCUT2D eigenvalue weighted by Gasteiger charge is 2.40. The third-order valence-corrected chi connectivity index (χ3v) is 4.29. The van der Waals surface area contributed by atoms with Crippen LogP contribution in [-0.4, -0.2) is 28.8 Å². The van der Waals surface area contributed by atoms with Crippen LogP contribution in [-0.2, 0) is 10.9 Å². The minimum Gasteiger partial charge on any atom is -0.358 e. The second kappa shape index (κ2) is 8.19. The predicted molar refractivity (Wildman–Crippen MR) is 97.4 cm³/mol. The molecule has 1 atom stereocenters. The van der Waals surface area contributed by atoms with Crippen molar-refractivity contribution >= 4 is 35.0 Å². The van der Waals surface area contributed by atoms with Crippen molar-refractivity contribution in [1.82, 2.24) is 9.97 Å². The number of urea groups is 1. The molecule has 2 heterocycles. The van der Waals surface area contributed by atoms with Crippen molar-refractivity contribution < 1.29 is 22.7 Å². The van der Waals surface area contributed by atoms with Gasteiger partial charge < -0.3 is 15.8 Å². The van der Waals surface area contributed by atoms with E-state index in [0.29, 0.717) is 30.2 Å². The SMILES string of the molecule is NC(=O)N(c1cnc(Nc2cccc(Cl)c2)nc1C(F)(F)F)C1CCCCO1. The van der Waals surface area contributed by atoms with Gasteiger partial charge in [0.25, 0.3) is 0 Å². The van der Waals surface area contributed by atoms with Gasteiger partial charge in [-0.3, -0.25) is 4.90 Å². The number of aromatic nitrogens is 2. The van der Waals surface area contributed by atoms with Gasteiger partial charge in [-0.2, -0.15) is 13.2 Å². The maximum atomic E-state index is 13.7. The fraction of sp³-hybridized carbons (Fsp3) is 0.353. The molecule has 1 aromatic carbocycles. The highest BCUT2D eigenvalue weighted by atomic mass is 35.5. The fourth-order valence-electron chi connectivity index (χ4n) is 2.86. The Morgan fingerprint density at radius 1 is 1.36 bits per heavy atom. The molecule has 28 heavy (non-hydrogen) atoms. The molecule has 0 spiro atoms. The second-order valence-corrected chi connectivity index (χ2v) is 6.53. The molecular weight excluding hydrogens is 399 g/mol. The summed E-state index contributed by atoms with van der Waals surface area (Å²) in [5, 5.41) is 3.05. The molecule has 1 aliphatic heterocycles. The van der Waals surface area contributed by atoms with Crippen molar-refractivity contribution in [3.05, 3.63) is 41.2 Å². The van der Waals surface area contributed by atoms with E-state index in [0.717, 1.165) is 17.5 Å². The molecule has 0 aliphatic carbocycles. The number of alkyl halides is 3. The van der Waals surface area contributed by atoms with E-state index in [2.05, 4.69) is 15.3 Å². The maximum Gasteiger partial charge on any atom is 0.435 e. The largest absolute Gasteiger partial charge is 0.435 e. The standard InChI is InChI=1S/C17H17ClF3N5O2/c18-10-4-3-5-11(8-10)24-16-23-9-12(14(25-16)17(19,20)21)26(15(22)27)13-6-1-2-7-28-13/h3-5,8-9,13H,1-2,6-7H2,(H2,22,27)(H,23,24,25). The summed E-state index contributed by atoms with van der Waals surface area (Å²) in [5.74, 6) is -0.299. The third-order valence-electron chi connectivity index (χ3n) is 4.06. The molecule has 2 aromatic rings. The second-order valence-electron chi connectivity index (χ2n) is 6.09. The van der Waals surface area contributed by atoms with Crippen molar-refractivity contribution in [1.29, 1.82) is 0 Å².